The largest absolute Gasteiger partial charge is 0.479 e. The number of hydrogen-bond acceptors (Lipinski definition) is 3. The van der Waals surface area contributed by atoms with Gasteiger partial charge in [0.15, 0.2) is 6.04 Å². The van der Waals surface area contributed by atoms with E-state index in [-0.39, 0.29) is 11.1 Å². The number of aromatic amines is 1. The summed E-state index contributed by atoms with van der Waals surface area (Å²) in [5.41, 5.74) is 1.01. The van der Waals surface area contributed by atoms with E-state index in [0.29, 0.717) is 16.5 Å². The number of carbonyl (C=O) groups excluding carboxylic acids is 1. The molecule has 4 rings (SSSR count). The Balaban J connectivity index is 1.72. The van der Waals surface area contributed by atoms with E-state index in [4.69, 9.17) is 0 Å². The Morgan fingerprint density at radius 1 is 0.857 bits per heavy atom. The van der Waals surface area contributed by atoms with Crippen LogP contribution in [0.4, 0.5) is 0 Å². The van der Waals surface area contributed by atoms with Crippen LogP contribution in [-0.4, -0.2) is 22.0 Å². The van der Waals surface area contributed by atoms with E-state index in [1.807, 2.05) is 12.1 Å². The molecule has 1 atom stereocenters. The van der Waals surface area contributed by atoms with E-state index in [1.165, 1.54) is 0 Å². The van der Waals surface area contributed by atoms with Crippen molar-refractivity contribution in [2.24, 2.45) is 0 Å². The SMILES string of the molecule is O=C(NC(C(=O)O)c1ccccc1)c1ccc2c(c1)[nH]c(=O)c1ccccc12. The van der Waals surface area contributed by atoms with Crippen molar-refractivity contribution >= 4 is 33.6 Å². The van der Waals surface area contributed by atoms with Crippen molar-refractivity contribution in [2.75, 3.05) is 0 Å². The van der Waals surface area contributed by atoms with E-state index in [9.17, 15) is 19.5 Å². The molecule has 0 spiro atoms. The average molecular weight is 372 g/mol. The number of aliphatic carboxylic acids is 1. The van der Waals surface area contributed by atoms with E-state index >= 15 is 0 Å². The zero-order valence-electron chi connectivity index (χ0n) is 14.7. The van der Waals surface area contributed by atoms with Crippen LogP contribution in [-0.2, 0) is 4.79 Å². The second-order valence-corrected chi connectivity index (χ2v) is 6.42. The third-order valence-electron chi connectivity index (χ3n) is 4.65. The van der Waals surface area contributed by atoms with Crippen LogP contribution in [0.5, 0.6) is 0 Å². The molecule has 6 heteroatoms. The lowest BCUT2D eigenvalue weighted by Crippen LogP contribution is -2.33. The van der Waals surface area contributed by atoms with Gasteiger partial charge in [-0.25, -0.2) is 4.79 Å². The number of nitrogens with one attached hydrogen (secondary N) is 2. The highest BCUT2D eigenvalue weighted by Gasteiger charge is 2.22. The second kappa shape index (κ2) is 7.00. The number of rotatable bonds is 4. The number of carboxylic acids is 1. The maximum Gasteiger partial charge on any atom is 0.330 e. The van der Waals surface area contributed by atoms with Gasteiger partial charge in [-0.15, -0.1) is 0 Å². The van der Waals surface area contributed by atoms with Crippen molar-refractivity contribution in [1.29, 1.82) is 0 Å². The fraction of sp³-hybridized carbons (Fsp3) is 0.0455. The molecule has 0 aliphatic heterocycles. The molecule has 0 bridgehead atoms. The van der Waals surface area contributed by atoms with E-state index in [2.05, 4.69) is 10.3 Å². The Labute approximate surface area is 159 Å². The summed E-state index contributed by atoms with van der Waals surface area (Å²) in [5, 5.41) is 14.2. The Morgan fingerprint density at radius 2 is 1.54 bits per heavy atom. The summed E-state index contributed by atoms with van der Waals surface area (Å²) < 4.78 is 0. The summed E-state index contributed by atoms with van der Waals surface area (Å²) in [7, 11) is 0. The van der Waals surface area contributed by atoms with Crippen molar-refractivity contribution < 1.29 is 14.7 Å². The number of benzene rings is 3. The average Bonchev–Trinajstić information content (AvgIpc) is 2.72. The molecule has 0 radical (unpaired) electrons. The molecule has 138 valence electrons. The molecule has 0 saturated heterocycles. The summed E-state index contributed by atoms with van der Waals surface area (Å²) >= 11 is 0. The van der Waals surface area contributed by atoms with Gasteiger partial charge in [0.2, 0.25) is 0 Å². The van der Waals surface area contributed by atoms with Gasteiger partial charge in [-0.3, -0.25) is 9.59 Å². The first kappa shape index (κ1) is 17.5. The quantitative estimate of drug-likeness (QED) is 0.479. The Morgan fingerprint density at radius 3 is 2.25 bits per heavy atom. The number of fused-ring (bicyclic) bond motifs is 3. The lowest BCUT2D eigenvalue weighted by Gasteiger charge is -2.15. The molecular weight excluding hydrogens is 356 g/mol. The van der Waals surface area contributed by atoms with Gasteiger partial charge >= 0.3 is 5.97 Å². The molecule has 1 aromatic heterocycles. The minimum Gasteiger partial charge on any atom is -0.479 e. The van der Waals surface area contributed by atoms with Gasteiger partial charge in [0.1, 0.15) is 0 Å². The fourth-order valence-electron chi connectivity index (χ4n) is 3.28. The summed E-state index contributed by atoms with van der Waals surface area (Å²) in [6, 6.07) is 19.5. The molecule has 1 heterocycles. The highest BCUT2D eigenvalue weighted by atomic mass is 16.4. The van der Waals surface area contributed by atoms with Gasteiger partial charge in [-0.2, -0.15) is 0 Å². The molecule has 6 nitrogen and oxygen atoms in total. The van der Waals surface area contributed by atoms with Crippen LogP contribution in [0.1, 0.15) is 22.0 Å². The topological polar surface area (TPSA) is 99.3 Å². The van der Waals surface area contributed by atoms with Crippen LogP contribution in [0.3, 0.4) is 0 Å². The first-order chi connectivity index (χ1) is 13.5. The maximum atomic E-state index is 12.7. The number of carboxylic acid groups (broad SMARTS) is 1. The van der Waals surface area contributed by atoms with Crippen LogP contribution in [0.15, 0.2) is 77.6 Å². The van der Waals surface area contributed by atoms with Crippen molar-refractivity contribution in [3.05, 3.63) is 94.3 Å². The lowest BCUT2D eigenvalue weighted by molar-refractivity contribution is -0.139. The predicted molar refractivity (Wildman–Crippen MR) is 106 cm³/mol. The zero-order chi connectivity index (χ0) is 19.7. The predicted octanol–water partition coefficient (Wildman–Crippen LogP) is 3.24. The molecule has 0 aliphatic carbocycles. The Bertz CT molecular complexity index is 1260. The molecule has 3 aromatic carbocycles. The van der Waals surface area contributed by atoms with Crippen molar-refractivity contribution in [2.45, 2.75) is 6.04 Å². The maximum absolute atomic E-state index is 12.7. The molecule has 1 amide bonds. The molecule has 0 fully saturated rings. The van der Waals surface area contributed by atoms with Gasteiger partial charge in [-0.05, 0) is 29.1 Å². The van der Waals surface area contributed by atoms with Crippen molar-refractivity contribution in [3.8, 4) is 0 Å². The molecule has 4 aromatic rings. The number of pyridine rings is 1. The number of H-pyrrole nitrogens is 1. The molecule has 0 saturated carbocycles. The molecule has 28 heavy (non-hydrogen) atoms. The van der Waals surface area contributed by atoms with Crippen molar-refractivity contribution in [3.63, 3.8) is 0 Å². The first-order valence-electron chi connectivity index (χ1n) is 8.68. The fourth-order valence-corrected chi connectivity index (χ4v) is 3.28. The third-order valence-corrected chi connectivity index (χ3v) is 4.65. The van der Waals surface area contributed by atoms with Gasteiger partial charge in [-0.1, -0.05) is 54.6 Å². The standard InChI is InChI=1S/C22H16N2O4/c25-20(24-19(22(27)28)13-6-2-1-3-7-13)14-10-11-16-15-8-4-5-9-17(15)21(26)23-18(16)12-14/h1-12,19H,(H,23,26)(H,24,25)(H,27,28). The summed E-state index contributed by atoms with van der Waals surface area (Å²) in [4.78, 5) is 39.3. The van der Waals surface area contributed by atoms with Gasteiger partial charge in [0.05, 0.1) is 0 Å². The third kappa shape index (κ3) is 3.12. The highest BCUT2D eigenvalue weighted by Crippen LogP contribution is 2.22. The molecular formula is C22H16N2O4. The monoisotopic (exact) mass is 372 g/mol. The van der Waals surface area contributed by atoms with Crippen LogP contribution in [0.25, 0.3) is 21.7 Å². The summed E-state index contributed by atoms with van der Waals surface area (Å²) in [6.45, 7) is 0. The van der Waals surface area contributed by atoms with Crippen molar-refractivity contribution in [1.82, 2.24) is 10.3 Å². The zero-order valence-corrected chi connectivity index (χ0v) is 14.7. The number of amides is 1. The van der Waals surface area contributed by atoms with E-state index in [0.717, 1.165) is 10.8 Å². The Hall–Kier alpha value is -3.93. The van der Waals surface area contributed by atoms with Crippen LogP contribution in [0.2, 0.25) is 0 Å². The van der Waals surface area contributed by atoms with E-state index in [1.54, 1.807) is 60.7 Å². The summed E-state index contributed by atoms with van der Waals surface area (Å²) in [6.07, 6.45) is 0. The van der Waals surface area contributed by atoms with Crippen LogP contribution >= 0.6 is 0 Å². The number of carbonyl (C=O) groups is 2. The van der Waals surface area contributed by atoms with Gasteiger partial charge in [0.25, 0.3) is 11.5 Å². The number of aromatic nitrogens is 1. The smallest absolute Gasteiger partial charge is 0.330 e. The minimum atomic E-state index is -1.17. The first-order valence-corrected chi connectivity index (χ1v) is 8.68. The van der Waals surface area contributed by atoms with Crippen LogP contribution in [0, 0.1) is 0 Å². The van der Waals surface area contributed by atoms with Crippen LogP contribution < -0.4 is 10.9 Å². The Kier molecular flexibility index (Phi) is 4.37. The highest BCUT2D eigenvalue weighted by molar-refractivity contribution is 6.08. The van der Waals surface area contributed by atoms with Gasteiger partial charge < -0.3 is 15.4 Å². The summed E-state index contributed by atoms with van der Waals surface area (Å²) in [5.74, 6) is -1.69. The normalized spacial score (nSPS) is 12.0. The second-order valence-electron chi connectivity index (χ2n) is 6.42. The van der Waals surface area contributed by atoms with Gasteiger partial charge in [0, 0.05) is 21.9 Å². The van der Waals surface area contributed by atoms with E-state index < -0.39 is 17.9 Å². The number of hydrogen-bond donors (Lipinski definition) is 3. The minimum absolute atomic E-state index is 0.242. The lowest BCUT2D eigenvalue weighted by atomic mass is 10.0. The molecule has 1 unspecified atom stereocenters. The molecule has 3 N–H and O–H groups in total. The molecule has 0 aliphatic rings.